The lowest BCUT2D eigenvalue weighted by atomic mass is 9.92. The summed E-state index contributed by atoms with van der Waals surface area (Å²) in [4.78, 5) is 19.9. The Bertz CT molecular complexity index is 962. The zero-order valence-electron chi connectivity index (χ0n) is 19.7. The van der Waals surface area contributed by atoms with Crippen LogP contribution in [0.25, 0.3) is 0 Å². The molecule has 4 rings (SSSR count). The van der Waals surface area contributed by atoms with E-state index in [-0.39, 0.29) is 35.5 Å². The summed E-state index contributed by atoms with van der Waals surface area (Å²) in [5.74, 6) is 0.101. The molecule has 0 aromatic carbocycles. The van der Waals surface area contributed by atoms with Gasteiger partial charge in [-0.05, 0) is 58.6 Å². The van der Waals surface area contributed by atoms with Gasteiger partial charge in [0.05, 0.1) is 37.4 Å². The largest absolute Gasteiger partial charge is 0.391 e. The number of nitrogens with zero attached hydrogens (tertiary/aromatic N) is 3. The number of pyridine rings is 1. The van der Waals surface area contributed by atoms with E-state index in [0.717, 1.165) is 18.5 Å². The number of morpholine rings is 1. The van der Waals surface area contributed by atoms with E-state index in [1.54, 1.807) is 12.1 Å². The van der Waals surface area contributed by atoms with Crippen molar-refractivity contribution in [3.8, 4) is 0 Å². The lowest BCUT2D eigenvalue weighted by Crippen LogP contribution is -2.53. The first-order valence-electron chi connectivity index (χ1n) is 12.0. The van der Waals surface area contributed by atoms with Crippen LogP contribution in [0.3, 0.4) is 0 Å². The molecule has 0 radical (unpaired) electrons. The highest BCUT2D eigenvalue weighted by Crippen LogP contribution is 2.34. The minimum absolute atomic E-state index is 0.0255. The van der Waals surface area contributed by atoms with Crippen molar-refractivity contribution in [1.82, 2.24) is 14.6 Å². The number of aryl methyl sites for hydroxylation is 1. The zero-order chi connectivity index (χ0) is 23.8. The van der Waals surface area contributed by atoms with Crippen LogP contribution in [0, 0.1) is 6.92 Å². The summed E-state index contributed by atoms with van der Waals surface area (Å²) in [6, 6.07) is 2.17. The Hall–Kier alpha value is -1.75. The van der Waals surface area contributed by atoms with E-state index in [1.807, 2.05) is 25.7 Å². The van der Waals surface area contributed by atoms with Gasteiger partial charge in [-0.2, -0.15) is 4.31 Å². The molecule has 33 heavy (non-hydrogen) atoms. The predicted octanol–water partition coefficient (Wildman–Crippen LogP) is 1.58. The molecule has 2 N–H and O–H groups in total. The average Bonchev–Trinajstić information content (AvgIpc) is 3.26. The lowest BCUT2D eigenvalue weighted by molar-refractivity contribution is -0.126. The number of amides is 1. The monoisotopic (exact) mass is 480 g/mol. The van der Waals surface area contributed by atoms with Crippen molar-refractivity contribution in [1.29, 1.82) is 0 Å². The smallest absolute Gasteiger partial charge is 0.247 e. The van der Waals surface area contributed by atoms with Gasteiger partial charge in [-0.15, -0.1) is 0 Å². The molecule has 184 valence electrons. The molecule has 0 unspecified atom stereocenters. The molecule has 0 spiro atoms. The van der Waals surface area contributed by atoms with Crippen LogP contribution in [-0.4, -0.2) is 78.8 Å². The molecule has 3 aliphatic rings. The summed E-state index contributed by atoms with van der Waals surface area (Å²) >= 11 is 0. The fourth-order valence-electron chi connectivity index (χ4n) is 5.31. The normalized spacial score (nSPS) is 31.5. The molecule has 10 heteroatoms. The molecule has 1 amide bonds. The second kappa shape index (κ2) is 9.85. The van der Waals surface area contributed by atoms with Gasteiger partial charge in [-0.25, -0.2) is 13.4 Å². The van der Waals surface area contributed by atoms with Gasteiger partial charge in [0.25, 0.3) is 0 Å². The van der Waals surface area contributed by atoms with Gasteiger partial charge in [0, 0.05) is 12.2 Å². The van der Waals surface area contributed by atoms with Crippen LogP contribution in [-0.2, 0) is 19.6 Å². The van der Waals surface area contributed by atoms with Gasteiger partial charge in [0.15, 0.2) is 0 Å². The van der Waals surface area contributed by atoms with Crippen LogP contribution in [0.4, 0.5) is 5.82 Å². The number of aromatic nitrogens is 1. The van der Waals surface area contributed by atoms with E-state index < -0.39 is 22.2 Å². The van der Waals surface area contributed by atoms with Crippen LogP contribution < -0.4 is 10.2 Å². The quantitative estimate of drug-likeness (QED) is 0.658. The van der Waals surface area contributed by atoms with E-state index >= 15 is 0 Å². The third kappa shape index (κ3) is 4.89. The topological polar surface area (TPSA) is 112 Å². The molecule has 1 aromatic heterocycles. The third-order valence-corrected chi connectivity index (χ3v) is 8.97. The first-order chi connectivity index (χ1) is 15.7. The molecule has 2 saturated heterocycles. The summed E-state index contributed by atoms with van der Waals surface area (Å²) in [5, 5.41) is 13.2. The van der Waals surface area contributed by atoms with Crippen LogP contribution in [0.15, 0.2) is 17.0 Å². The molecule has 3 fully saturated rings. The predicted molar refractivity (Wildman–Crippen MR) is 125 cm³/mol. The molecule has 0 bridgehead atoms. The molecule has 3 heterocycles. The van der Waals surface area contributed by atoms with Crippen molar-refractivity contribution in [3.05, 3.63) is 17.8 Å². The number of hydrogen-bond donors (Lipinski definition) is 2. The highest BCUT2D eigenvalue weighted by molar-refractivity contribution is 7.89. The highest BCUT2D eigenvalue weighted by atomic mass is 32.2. The minimum Gasteiger partial charge on any atom is -0.391 e. The highest BCUT2D eigenvalue weighted by Gasteiger charge is 2.43. The van der Waals surface area contributed by atoms with Gasteiger partial charge in [0.2, 0.25) is 15.9 Å². The molecule has 1 saturated carbocycles. The van der Waals surface area contributed by atoms with Gasteiger partial charge in [0.1, 0.15) is 16.8 Å². The van der Waals surface area contributed by atoms with Crippen molar-refractivity contribution in [3.63, 3.8) is 0 Å². The summed E-state index contributed by atoms with van der Waals surface area (Å²) < 4.78 is 34.7. The second-order valence-corrected chi connectivity index (χ2v) is 11.5. The number of nitrogens with one attached hydrogen (secondary N) is 1. The molecule has 2 aliphatic heterocycles. The first kappa shape index (κ1) is 24.4. The molecule has 5 atom stereocenters. The van der Waals surface area contributed by atoms with Crippen molar-refractivity contribution in [2.24, 2.45) is 0 Å². The number of hydrogen-bond acceptors (Lipinski definition) is 7. The van der Waals surface area contributed by atoms with E-state index in [0.29, 0.717) is 44.7 Å². The van der Waals surface area contributed by atoms with Crippen LogP contribution in [0.1, 0.15) is 58.1 Å². The zero-order valence-corrected chi connectivity index (χ0v) is 20.6. The molecule has 1 aliphatic carbocycles. The lowest BCUT2D eigenvalue weighted by Gasteiger charge is -2.40. The molecular weight excluding hydrogens is 444 g/mol. The second-order valence-electron chi connectivity index (χ2n) is 9.66. The van der Waals surface area contributed by atoms with Crippen LogP contribution in [0.2, 0.25) is 0 Å². The number of aliphatic hydroxyl groups excluding tert-OH is 1. The Morgan fingerprint density at radius 2 is 1.82 bits per heavy atom. The number of carbonyl (C=O) groups excluding carboxylic acids is 1. The maximum absolute atomic E-state index is 13.9. The van der Waals surface area contributed by atoms with E-state index in [4.69, 9.17) is 4.74 Å². The number of sulfonamides is 1. The first-order valence-corrected chi connectivity index (χ1v) is 13.5. The fraction of sp³-hybridized carbons (Fsp3) is 0.739. The number of carbonyl (C=O) groups is 1. The van der Waals surface area contributed by atoms with Crippen molar-refractivity contribution in [2.75, 3.05) is 24.7 Å². The Labute approximate surface area is 196 Å². The number of ether oxygens (including phenoxy) is 1. The minimum atomic E-state index is -3.97. The standard InChI is InChI=1S/C23H36N4O5S/c1-15-10-11-21(22(24-15)27-16(2)13-32-14-17(27)3)33(30,31)26-12-6-8-19(26)23(29)25-18-7-4-5-9-20(18)28/h10-11,16-20,28H,4-9,12-14H2,1-3H3,(H,25,29)/t16-,17-,18+,19-,20-/m0/s1. The summed E-state index contributed by atoms with van der Waals surface area (Å²) in [7, 11) is -3.97. The van der Waals surface area contributed by atoms with E-state index in [1.165, 1.54) is 4.31 Å². The number of aliphatic hydroxyl groups is 1. The summed E-state index contributed by atoms with van der Waals surface area (Å²) in [6.45, 7) is 7.12. The number of rotatable bonds is 5. The van der Waals surface area contributed by atoms with Gasteiger partial charge in [-0.1, -0.05) is 12.8 Å². The van der Waals surface area contributed by atoms with Gasteiger partial charge >= 0.3 is 0 Å². The van der Waals surface area contributed by atoms with Crippen LogP contribution >= 0.6 is 0 Å². The summed E-state index contributed by atoms with van der Waals surface area (Å²) in [5.41, 5.74) is 0.733. The Morgan fingerprint density at radius 1 is 1.12 bits per heavy atom. The maximum Gasteiger partial charge on any atom is 0.247 e. The van der Waals surface area contributed by atoms with Crippen molar-refractivity contribution >= 4 is 21.7 Å². The van der Waals surface area contributed by atoms with E-state index in [9.17, 15) is 18.3 Å². The van der Waals surface area contributed by atoms with Crippen molar-refractivity contribution < 1.29 is 23.1 Å². The average molecular weight is 481 g/mol. The SMILES string of the molecule is Cc1ccc(S(=O)(=O)N2CCC[C@H]2C(=O)N[C@@H]2CCCC[C@@H]2O)c(N2[C@@H](C)COC[C@@H]2C)n1. The third-order valence-electron chi connectivity index (χ3n) is 7.04. The van der Waals surface area contributed by atoms with E-state index in [2.05, 4.69) is 10.3 Å². The Morgan fingerprint density at radius 3 is 2.52 bits per heavy atom. The molecule has 1 aromatic rings. The Kier molecular flexibility index (Phi) is 7.28. The van der Waals surface area contributed by atoms with Gasteiger partial charge < -0.3 is 20.1 Å². The van der Waals surface area contributed by atoms with Crippen LogP contribution in [0.5, 0.6) is 0 Å². The van der Waals surface area contributed by atoms with Crippen molar-refractivity contribution in [2.45, 2.75) is 94.5 Å². The molecular formula is C23H36N4O5S. The molecule has 9 nitrogen and oxygen atoms in total. The number of anilines is 1. The van der Waals surface area contributed by atoms with Gasteiger partial charge in [-0.3, -0.25) is 4.79 Å². The maximum atomic E-state index is 13.9. The fourth-order valence-corrected chi connectivity index (χ4v) is 7.09. The Balaban J connectivity index is 1.63. The summed E-state index contributed by atoms with van der Waals surface area (Å²) in [6.07, 6.45) is 3.77.